The van der Waals surface area contributed by atoms with Crippen LogP contribution < -0.4 is 19.9 Å². The van der Waals surface area contributed by atoms with Gasteiger partial charge in [-0.1, -0.05) is 55.1 Å². The Morgan fingerprint density at radius 1 is 1.06 bits per heavy atom. The number of benzene rings is 3. The largest absolute Gasteiger partial charge is 0.457 e. The molecule has 0 fully saturated rings. The number of hydrogen-bond acceptors (Lipinski definition) is 5. The normalized spacial score (nSPS) is 14.3. The number of aromatic amines is 1. The van der Waals surface area contributed by atoms with Crippen LogP contribution in [0, 0.1) is 0 Å². The first-order chi connectivity index (χ1) is 16.6. The van der Waals surface area contributed by atoms with Crippen LogP contribution in [0.25, 0.3) is 11.3 Å². The number of rotatable bonds is 5. The molecule has 1 aliphatic rings. The van der Waals surface area contributed by atoms with Gasteiger partial charge in [-0.2, -0.15) is 0 Å². The van der Waals surface area contributed by atoms with Crippen LogP contribution in [0.4, 0.5) is 5.69 Å². The van der Waals surface area contributed by atoms with Crippen molar-refractivity contribution in [2.75, 3.05) is 10.7 Å². The molecule has 1 amide bonds. The van der Waals surface area contributed by atoms with E-state index in [4.69, 9.17) is 9.84 Å². The average Bonchev–Trinajstić information content (AvgIpc) is 2.84. The lowest BCUT2D eigenvalue weighted by Crippen LogP contribution is -2.60. The first-order valence-corrected chi connectivity index (χ1v) is 12.0. The number of H-pyrrole nitrogens is 1. The second kappa shape index (κ2) is 9.15. The zero-order valence-corrected chi connectivity index (χ0v) is 19.6. The molecule has 0 unspecified atom stereocenters. The van der Waals surface area contributed by atoms with Crippen LogP contribution in [-0.4, -0.2) is 21.7 Å². The molecule has 0 aliphatic carbocycles. The van der Waals surface area contributed by atoms with Crippen molar-refractivity contribution in [2.24, 2.45) is 0 Å². The van der Waals surface area contributed by atoms with Gasteiger partial charge in [-0.05, 0) is 52.9 Å². The summed E-state index contributed by atoms with van der Waals surface area (Å²) in [5.41, 5.74) is 2.26. The molecule has 1 aliphatic heterocycles. The Hall–Kier alpha value is -3.91. The summed E-state index contributed by atoms with van der Waals surface area (Å²) in [6.45, 7) is 3.52. The molecule has 2 heterocycles. The minimum Gasteiger partial charge on any atom is -0.457 e. The monoisotopic (exact) mass is 471 g/mol. The summed E-state index contributed by atoms with van der Waals surface area (Å²) < 4.78 is 7.70. The summed E-state index contributed by atoms with van der Waals surface area (Å²) >= 11 is 1.44. The molecule has 0 bridgehead atoms. The summed E-state index contributed by atoms with van der Waals surface area (Å²) in [4.78, 5) is 30.8. The van der Waals surface area contributed by atoms with Gasteiger partial charge in [-0.3, -0.25) is 14.6 Å². The molecule has 5 rings (SSSR count). The highest BCUT2D eigenvalue weighted by Gasteiger charge is 2.44. The van der Waals surface area contributed by atoms with Gasteiger partial charge in [0, 0.05) is 17.6 Å². The van der Waals surface area contributed by atoms with Crippen molar-refractivity contribution in [1.29, 1.82) is 0 Å². The molecule has 0 spiro atoms. The summed E-state index contributed by atoms with van der Waals surface area (Å²) in [6, 6.07) is 24.4. The fourth-order valence-electron chi connectivity index (χ4n) is 4.18. The number of carbonyl (C=O) groups is 1. The number of anilines is 1. The number of amides is 1. The zero-order chi connectivity index (χ0) is 23.7. The molecule has 0 saturated heterocycles. The number of carbonyl (C=O) groups excluding carboxylic acids is 1. The van der Waals surface area contributed by atoms with E-state index >= 15 is 0 Å². The van der Waals surface area contributed by atoms with E-state index in [1.807, 2.05) is 85.8 Å². The van der Waals surface area contributed by atoms with Gasteiger partial charge in [0.1, 0.15) is 11.5 Å². The van der Waals surface area contributed by atoms with E-state index in [-0.39, 0.29) is 11.5 Å². The van der Waals surface area contributed by atoms with Crippen molar-refractivity contribution >= 4 is 23.4 Å². The Balaban J connectivity index is 1.71. The molecule has 3 aromatic carbocycles. The van der Waals surface area contributed by atoms with Crippen molar-refractivity contribution in [3.63, 3.8) is 0 Å². The lowest BCUT2D eigenvalue weighted by molar-refractivity contribution is -0.763. The molecule has 0 radical (unpaired) electrons. The smallest absolute Gasteiger partial charge is 0.325 e. The topological polar surface area (TPSA) is 79.2 Å². The van der Waals surface area contributed by atoms with Gasteiger partial charge < -0.3 is 4.74 Å². The molecule has 8 heteroatoms. The first kappa shape index (κ1) is 21.9. The number of thioether (sulfide) groups is 1. The highest BCUT2D eigenvalue weighted by molar-refractivity contribution is 7.99. The predicted octanol–water partition coefficient (Wildman–Crippen LogP) is 4.54. The maximum atomic E-state index is 13.2. The number of hydrogen-bond donors (Lipinski definition) is 1. The van der Waals surface area contributed by atoms with Gasteiger partial charge in [-0.15, -0.1) is 0 Å². The van der Waals surface area contributed by atoms with Gasteiger partial charge in [0.05, 0.1) is 11.3 Å². The first-order valence-electron chi connectivity index (χ1n) is 11.0. The van der Waals surface area contributed by atoms with Crippen molar-refractivity contribution in [2.45, 2.75) is 25.2 Å². The molecular weight excluding hydrogens is 448 g/mol. The van der Waals surface area contributed by atoms with Crippen LogP contribution >= 0.6 is 11.8 Å². The second-order valence-electron chi connectivity index (χ2n) is 7.75. The Morgan fingerprint density at radius 2 is 1.79 bits per heavy atom. The fraction of sp³-hybridized carbons (Fsp3) is 0.154. The van der Waals surface area contributed by atoms with Crippen LogP contribution in [0.15, 0.2) is 88.8 Å². The molecule has 1 atom stereocenters. The van der Waals surface area contributed by atoms with Gasteiger partial charge >= 0.3 is 11.3 Å². The second-order valence-corrected chi connectivity index (χ2v) is 9.01. The van der Waals surface area contributed by atoms with Crippen molar-refractivity contribution < 1.29 is 14.2 Å². The van der Waals surface area contributed by atoms with Crippen molar-refractivity contribution in [3.8, 4) is 22.8 Å². The molecule has 170 valence electrons. The molecule has 1 N–H and O–H groups in total. The predicted molar refractivity (Wildman–Crippen MR) is 131 cm³/mol. The maximum absolute atomic E-state index is 13.2. The molecule has 34 heavy (non-hydrogen) atoms. The lowest BCUT2D eigenvalue weighted by atomic mass is 10.0. The number of nitrogens with zero attached hydrogens (tertiary/aromatic N) is 3. The Labute approximate surface area is 201 Å². The summed E-state index contributed by atoms with van der Waals surface area (Å²) in [5, 5.41) is 5.26. The minimum atomic E-state index is -0.653. The standard InChI is InChI=1S/C26H22N4O3S/c1-3-34-26-27-24(32)23-21-14-7-8-15-22(21)29(17(2)31)25(30(23)28-26)18-10-9-13-20(16-18)33-19-11-5-4-6-12-19/h4-16,25H,3H2,1-2H3/p+1/t25-/m1/s1. The van der Waals surface area contributed by atoms with Crippen LogP contribution in [0.2, 0.25) is 0 Å². The zero-order valence-electron chi connectivity index (χ0n) is 18.8. The van der Waals surface area contributed by atoms with Crippen LogP contribution in [0.3, 0.4) is 0 Å². The number of fused-ring (bicyclic) bond motifs is 3. The molecule has 4 aromatic rings. The minimum absolute atomic E-state index is 0.156. The van der Waals surface area contributed by atoms with E-state index in [9.17, 15) is 9.59 Å². The molecule has 0 saturated carbocycles. The highest BCUT2D eigenvalue weighted by Crippen LogP contribution is 2.38. The third kappa shape index (κ3) is 3.97. The van der Waals surface area contributed by atoms with Crippen molar-refractivity contribution in [1.82, 2.24) is 10.1 Å². The number of ether oxygens (including phenoxy) is 1. The third-order valence-electron chi connectivity index (χ3n) is 5.51. The van der Waals surface area contributed by atoms with Gasteiger partial charge in [0.15, 0.2) is 0 Å². The van der Waals surface area contributed by atoms with Gasteiger partial charge in [-0.25, -0.2) is 4.90 Å². The number of para-hydroxylation sites is 2. The third-order valence-corrected chi connectivity index (χ3v) is 6.26. The SMILES string of the molecule is CCSc1n[n+]2c(c(=O)[nH]1)-c1ccccc1N(C(C)=O)[C@H]2c1cccc(Oc2ccccc2)c1. The van der Waals surface area contributed by atoms with Crippen LogP contribution in [-0.2, 0) is 4.79 Å². The van der Waals surface area contributed by atoms with E-state index < -0.39 is 6.17 Å². The fourth-order valence-corrected chi connectivity index (χ4v) is 4.76. The van der Waals surface area contributed by atoms with E-state index in [0.29, 0.717) is 33.6 Å². The molecular formula is C26H23N4O3S+. The van der Waals surface area contributed by atoms with Crippen LogP contribution in [0.5, 0.6) is 11.5 Å². The Bertz CT molecular complexity index is 1420. The van der Waals surface area contributed by atoms with Gasteiger partial charge in [0.25, 0.3) is 6.17 Å². The van der Waals surface area contributed by atoms with E-state index in [2.05, 4.69) is 4.98 Å². The van der Waals surface area contributed by atoms with E-state index in [1.54, 1.807) is 9.58 Å². The molecule has 7 nitrogen and oxygen atoms in total. The number of nitrogens with one attached hydrogen (secondary N) is 1. The summed E-state index contributed by atoms with van der Waals surface area (Å²) in [5.74, 6) is 1.93. The quantitative estimate of drug-likeness (QED) is 0.341. The van der Waals surface area contributed by atoms with Gasteiger partial charge in [0.2, 0.25) is 11.1 Å². The lowest BCUT2D eigenvalue weighted by Gasteiger charge is -2.31. The highest BCUT2D eigenvalue weighted by atomic mass is 32.2. The Kier molecular flexibility index (Phi) is 5.90. The maximum Gasteiger partial charge on any atom is 0.325 e. The summed E-state index contributed by atoms with van der Waals surface area (Å²) in [6.07, 6.45) is -0.653. The van der Waals surface area contributed by atoms with E-state index in [1.165, 1.54) is 18.7 Å². The van der Waals surface area contributed by atoms with Crippen LogP contribution in [0.1, 0.15) is 25.6 Å². The average molecular weight is 472 g/mol. The number of aromatic nitrogens is 3. The van der Waals surface area contributed by atoms with E-state index in [0.717, 1.165) is 11.3 Å². The Morgan fingerprint density at radius 3 is 2.56 bits per heavy atom. The molecule has 1 aromatic heterocycles. The van der Waals surface area contributed by atoms with Crippen molar-refractivity contribution in [3.05, 3.63) is 94.8 Å². The summed E-state index contributed by atoms with van der Waals surface area (Å²) in [7, 11) is 0.